The fourth-order valence-corrected chi connectivity index (χ4v) is 1.78. The van der Waals surface area contributed by atoms with Crippen LogP contribution in [0.2, 0.25) is 5.02 Å². The molecule has 0 saturated carbocycles. The molecule has 0 aliphatic rings. The van der Waals surface area contributed by atoms with Crippen molar-refractivity contribution in [3.8, 4) is 11.6 Å². The molecular formula is C13H7ClN2O3. The molecule has 2 heterocycles. The van der Waals surface area contributed by atoms with Crippen LogP contribution in [0.25, 0.3) is 22.7 Å². The topological polar surface area (TPSA) is 76.2 Å². The Morgan fingerprint density at radius 1 is 1.26 bits per heavy atom. The van der Waals surface area contributed by atoms with Gasteiger partial charge in [0.1, 0.15) is 11.2 Å². The van der Waals surface area contributed by atoms with E-state index in [9.17, 15) is 4.79 Å². The van der Waals surface area contributed by atoms with Crippen LogP contribution in [0.15, 0.2) is 40.9 Å². The molecule has 94 valence electrons. The number of oxazole rings is 1. The second kappa shape index (κ2) is 4.37. The number of rotatable bonds is 2. The van der Waals surface area contributed by atoms with E-state index in [1.807, 2.05) is 0 Å². The minimum Gasteiger partial charge on any atom is -0.478 e. The zero-order valence-corrected chi connectivity index (χ0v) is 10.3. The summed E-state index contributed by atoms with van der Waals surface area (Å²) in [5.74, 6) is -0.676. The normalized spacial score (nSPS) is 10.8. The summed E-state index contributed by atoms with van der Waals surface area (Å²) in [6, 6.07) is 7.87. The molecule has 0 aliphatic carbocycles. The zero-order chi connectivity index (χ0) is 13.4. The summed E-state index contributed by atoms with van der Waals surface area (Å²) in [6.45, 7) is 0. The van der Waals surface area contributed by atoms with Crippen LogP contribution < -0.4 is 0 Å². The third-order valence-corrected chi connectivity index (χ3v) is 2.80. The number of aromatic nitrogens is 2. The lowest BCUT2D eigenvalue weighted by atomic mass is 10.2. The lowest BCUT2D eigenvalue weighted by Gasteiger charge is -1.93. The van der Waals surface area contributed by atoms with Gasteiger partial charge in [-0.05, 0) is 30.3 Å². The number of nitrogens with zero attached hydrogens (tertiary/aromatic N) is 2. The highest BCUT2D eigenvalue weighted by atomic mass is 35.5. The van der Waals surface area contributed by atoms with Gasteiger partial charge in [-0.15, -0.1) is 0 Å². The van der Waals surface area contributed by atoms with Gasteiger partial charge in [0.05, 0.1) is 10.6 Å². The molecule has 0 spiro atoms. The van der Waals surface area contributed by atoms with Crippen LogP contribution in [0.3, 0.4) is 0 Å². The van der Waals surface area contributed by atoms with Crippen molar-refractivity contribution in [2.45, 2.75) is 0 Å². The van der Waals surface area contributed by atoms with E-state index in [0.717, 1.165) is 0 Å². The molecule has 2 aromatic heterocycles. The molecule has 1 N–H and O–H groups in total. The molecule has 1 aromatic carbocycles. The first kappa shape index (κ1) is 11.7. The van der Waals surface area contributed by atoms with Crippen molar-refractivity contribution in [3.05, 3.63) is 47.1 Å². The minimum atomic E-state index is -1.00. The Balaban J connectivity index is 2.11. The molecule has 5 nitrogen and oxygen atoms in total. The second-order valence-electron chi connectivity index (χ2n) is 3.87. The van der Waals surface area contributed by atoms with Gasteiger partial charge in [0.2, 0.25) is 5.89 Å². The Kier molecular flexibility index (Phi) is 2.68. The van der Waals surface area contributed by atoms with Crippen molar-refractivity contribution in [2.75, 3.05) is 0 Å². The fraction of sp³-hybridized carbons (Fsp3) is 0. The maximum atomic E-state index is 10.9. The van der Waals surface area contributed by atoms with E-state index < -0.39 is 5.97 Å². The van der Waals surface area contributed by atoms with Crippen molar-refractivity contribution in [1.82, 2.24) is 9.97 Å². The van der Waals surface area contributed by atoms with Crippen LogP contribution in [-0.4, -0.2) is 21.0 Å². The van der Waals surface area contributed by atoms with Crippen LogP contribution >= 0.6 is 11.6 Å². The lowest BCUT2D eigenvalue weighted by Crippen LogP contribution is -1.94. The Labute approximate surface area is 112 Å². The summed E-state index contributed by atoms with van der Waals surface area (Å²) >= 11 is 5.75. The number of fused-ring (bicyclic) bond motifs is 1. The predicted octanol–water partition coefficient (Wildman–Crippen LogP) is 3.24. The van der Waals surface area contributed by atoms with Crippen molar-refractivity contribution in [3.63, 3.8) is 0 Å². The van der Waals surface area contributed by atoms with E-state index in [4.69, 9.17) is 21.1 Å². The Morgan fingerprint density at radius 3 is 2.79 bits per heavy atom. The van der Waals surface area contributed by atoms with Crippen LogP contribution in [0.5, 0.6) is 0 Å². The van der Waals surface area contributed by atoms with Gasteiger partial charge in [-0.25, -0.2) is 14.8 Å². The van der Waals surface area contributed by atoms with E-state index in [1.54, 1.807) is 18.2 Å². The quantitative estimate of drug-likeness (QED) is 0.776. The van der Waals surface area contributed by atoms with E-state index in [0.29, 0.717) is 27.7 Å². The van der Waals surface area contributed by atoms with Gasteiger partial charge in [0.15, 0.2) is 5.58 Å². The van der Waals surface area contributed by atoms with Gasteiger partial charge >= 0.3 is 5.97 Å². The standard InChI is InChI=1S/C13H7ClN2O3/c14-8-2-3-9(15-6-8)12-16-10-5-7(13(17)18)1-4-11(10)19-12/h1-6H,(H,17,18). The average Bonchev–Trinajstić information content (AvgIpc) is 2.82. The maximum absolute atomic E-state index is 10.9. The van der Waals surface area contributed by atoms with Crippen LogP contribution in [0.1, 0.15) is 10.4 Å². The SMILES string of the molecule is O=C(O)c1ccc2oc(-c3ccc(Cl)cn3)nc2c1. The monoisotopic (exact) mass is 274 g/mol. The predicted molar refractivity (Wildman–Crippen MR) is 69.2 cm³/mol. The molecule has 6 heteroatoms. The highest BCUT2D eigenvalue weighted by Crippen LogP contribution is 2.24. The fourth-order valence-electron chi connectivity index (χ4n) is 1.67. The summed E-state index contributed by atoms with van der Waals surface area (Å²) in [4.78, 5) is 19.2. The largest absolute Gasteiger partial charge is 0.478 e. The first-order chi connectivity index (χ1) is 9.13. The molecule has 3 aromatic rings. The molecule has 0 radical (unpaired) electrons. The number of carbonyl (C=O) groups is 1. The number of carboxylic acids is 1. The van der Waals surface area contributed by atoms with Gasteiger partial charge in [0, 0.05) is 6.20 Å². The number of hydrogen-bond donors (Lipinski definition) is 1. The number of pyridine rings is 1. The number of aromatic carboxylic acids is 1. The Morgan fingerprint density at radius 2 is 2.11 bits per heavy atom. The van der Waals surface area contributed by atoms with Crippen molar-refractivity contribution in [2.24, 2.45) is 0 Å². The molecule has 0 unspecified atom stereocenters. The summed E-state index contributed by atoms with van der Waals surface area (Å²) < 4.78 is 5.52. The Bertz CT molecular complexity index is 765. The molecule has 0 aliphatic heterocycles. The van der Waals surface area contributed by atoms with Crippen LogP contribution in [0, 0.1) is 0 Å². The van der Waals surface area contributed by atoms with E-state index in [1.165, 1.54) is 18.3 Å². The number of benzene rings is 1. The summed E-state index contributed by atoms with van der Waals surface area (Å²) in [5, 5.41) is 9.43. The van der Waals surface area contributed by atoms with E-state index in [2.05, 4.69) is 9.97 Å². The number of carboxylic acid groups (broad SMARTS) is 1. The molecule has 19 heavy (non-hydrogen) atoms. The van der Waals surface area contributed by atoms with Gasteiger partial charge in [-0.2, -0.15) is 0 Å². The van der Waals surface area contributed by atoms with Gasteiger partial charge < -0.3 is 9.52 Å². The van der Waals surface area contributed by atoms with Crippen molar-refractivity contribution in [1.29, 1.82) is 0 Å². The summed E-state index contributed by atoms with van der Waals surface area (Å²) in [6.07, 6.45) is 1.49. The molecule has 3 rings (SSSR count). The highest BCUT2D eigenvalue weighted by Gasteiger charge is 2.11. The van der Waals surface area contributed by atoms with Crippen LogP contribution in [-0.2, 0) is 0 Å². The Hall–Kier alpha value is -2.40. The lowest BCUT2D eigenvalue weighted by molar-refractivity contribution is 0.0697. The van der Waals surface area contributed by atoms with Gasteiger partial charge in [0.25, 0.3) is 0 Å². The van der Waals surface area contributed by atoms with E-state index >= 15 is 0 Å². The molecule has 0 amide bonds. The van der Waals surface area contributed by atoms with Crippen molar-refractivity contribution >= 4 is 28.7 Å². The average molecular weight is 275 g/mol. The third kappa shape index (κ3) is 2.15. The van der Waals surface area contributed by atoms with Gasteiger partial charge in [-0.1, -0.05) is 11.6 Å². The van der Waals surface area contributed by atoms with Gasteiger partial charge in [-0.3, -0.25) is 0 Å². The first-order valence-electron chi connectivity index (χ1n) is 5.39. The van der Waals surface area contributed by atoms with Crippen molar-refractivity contribution < 1.29 is 14.3 Å². The smallest absolute Gasteiger partial charge is 0.335 e. The molecule has 0 bridgehead atoms. The first-order valence-corrected chi connectivity index (χ1v) is 5.77. The third-order valence-electron chi connectivity index (χ3n) is 2.58. The highest BCUT2D eigenvalue weighted by molar-refractivity contribution is 6.30. The molecule has 0 fully saturated rings. The zero-order valence-electron chi connectivity index (χ0n) is 9.50. The maximum Gasteiger partial charge on any atom is 0.335 e. The molecule has 0 saturated heterocycles. The summed E-state index contributed by atoms with van der Waals surface area (Å²) in [5.41, 5.74) is 1.69. The van der Waals surface area contributed by atoms with E-state index in [-0.39, 0.29) is 5.56 Å². The molecular weight excluding hydrogens is 268 g/mol. The molecule has 0 atom stereocenters. The van der Waals surface area contributed by atoms with Crippen LogP contribution in [0.4, 0.5) is 0 Å². The summed E-state index contributed by atoms with van der Waals surface area (Å²) in [7, 11) is 0. The minimum absolute atomic E-state index is 0.163. The second-order valence-corrected chi connectivity index (χ2v) is 4.30. The number of halogens is 1. The number of hydrogen-bond acceptors (Lipinski definition) is 4.